The van der Waals surface area contributed by atoms with E-state index in [1.165, 1.54) is 25.4 Å². The molecule has 9 nitrogen and oxygen atoms in total. The molecule has 1 saturated carbocycles. The second kappa shape index (κ2) is 10.1. The monoisotopic (exact) mass is 544 g/mol. The van der Waals surface area contributed by atoms with Crippen molar-refractivity contribution >= 4 is 11.8 Å². The number of para-hydroxylation sites is 1. The summed E-state index contributed by atoms with van der Waals surface area (Å²) in [5, 5.41) is 4.16. The van der Waals surface area contributed by atoms with Gasteiger partial charge < -0.3 is 23.6 Å². The van der Waals surface area contributed by atoms with Crippen LogP contribution in [-0.2, 0) is 16.1 Å². The molecule has 1 aliphatic carbocycles. The molecule has 0 spiro atoms. The highest BCUT2D eigenvalue weighted by atomic mass is 19.4. The molecule has 2 bridgehead atoms. The lowest BCUT2D eigenvalue weighted by molar-refractivity contribution is -0.274. The molecule has 3 atom stereocenters. The van der Waals surface area contributed by atoms with Gasteiger partial charge in [-0.15, -0.1) is 13.2 Å². The molecular formula is C27H27F3N4O5. The summed E-state index contributed by atoms with van der Waals surface area (Å²) in [5.41, 5.74) is 1.35. The van der Waals surface area contributed by atoms with Crippen LogP contribution in [0.15, 0.2) is 41.2 Å². The Bertz CT molecular complexity index is 1350. The first kappa shape index (κ1) is 25.6. The highest BCUT2D eigenvalue weighted by molar-refractivity contribution is 5.87. The number of anilines is 1. The second-order valence-corrected chi connectivity index (χ2v) is 10.1. The van der Waals surface area contributed by atoms with Gasteiger partial charge in [0.15, 0.2) is 5.69 Å². The van der Waals surface area contributed by atoms with E-state index in [1.54, 1.807) is 18.3 Å². The maximum Gasteiger partial charge on any atom is 0.573 e. The number of aromatic nitrogens is 3. The standard InChI is InChI=1S/C27H27F3N4O5/c1-36-26(35)21-12-31-13-23(32-21)34-16-8-9-17(34)11-18(10-16)37-14-20-24(33-39-25(20)15-6-7-15)19-4-2-3-5-22(19)38-27(28,29)30/h2-5,12-13,15-18H,6-11,14H2,1H3/t16-,17+,18?. The lowest BCUT2D eigenvalue weighted by Crippen LogP contribution is -2.46. The number of carbonyl (C=O) groups excluding carboxylic acids is 1. The van der Waals surface area contributed by atoms with Crippen LogP contribution >= 0.6 is 0 Å². The molecule has 206 valence electrons. The number of fused-ring (bicyclic) bond motifs is 2. The third-order valence-electron chi connectivity index (χ3n) is 7.57. The number of carbonyl (C=O) groups is 1. The average Bonchev–Trinajstić information content (AvgIpc) is 3.62. The van der Waals surface area contributed by atoms with Gasteiger partial charge in [-0.05, 0) is 50.7 Å². The predicted molar refractivity (Wildman–Crippen MR) is 131 cm³/mol. The van der Waals surface area contributed by atoms with Crippen molar-refractivity contribution in [3.63, 3.8) is 0 Å². The quantitative estimate of drug-likeness (QED) is 0.345. The topological polar surface area (TPSA) is 99.8 Å². The maximum atomic E-state index is 13.1. The number of hydrogen-bond acceptors (Lipinski definition) is 9. The number of methoxy groups -OCH3 is 1. The van der Waals surface area contributed by atoms with Crippen LogP contribution in [0, 0.1) is 0 Å². The van der Waals surface area contributed by atoms with Crippen molar-refractivity contribution in [3.8, 4) is 17.0 Å². The van der Waals surface area contributed by atoms with Gasteiger partial charge in [-0.3, -0.25) is 4.98 Å². The smallest absolute Gasteiger partial charge is 0.464 e. The molecule has 0 radical (unpaired) electrons. The van der Waals surface area contributed by atoms with Gasteiger partial charge in [-0.2, -0.15) is 0 Å². The van der Waals surface area contributed by atoms with Gasteiger partial charge in [0.2, 0.25) is 0 Å². The van der Waals surface area contributed by atoms with E-state index in [0.717, 1.165) is 38.5 Å². The molecule has 6 rings (SSSR count). The normalized spacial score (nSPS) is 22.7. The van der Waals surface area contributed by atoms with Gasteiger partial charge in [0.25, 0.3) is 0 Å². The number of esters is 1. The van der Waals surface area contributed by atoms with Crippen LogP contribution < -0.4 is 9.64 Å². The van der Waals surface area contributed by atoms with Crippen molar-refractivity contribution in [2.24, 2.45) is 0 Å². The fourth-order valence-electron chi connectivity index (χ4n) is 5.74. The molecule has 12 heteroatoms. The van der Waals surface area contributed by atoms with Gasteiger partial charge in [-0.1, -0.05) is 17.3 Å². The minimum Gasteiger partial charge on any atom is -0.464 e. The number of ether oxygens (including phenoxy) is 3. The molecule has 3 aromatic rings. The molecule has 3 fully saturated rings. The van der Waals surface area contributed by atoms with Crippen LogP contribution in [0.1, 0.15) is 66.3 Å². The summed E-state index contributed by atoms with van der Waals surface area (Å²) in [4.78, 5) is 22.8. The van der Waals surface area contributed by atoms with E-state index in [9.17, 15) is 18.0 Å². The minimum atomic E-state index is -4.83. The zero-order chi connectivity index (χ0) is 27.1. The summed E-state index contributed by atoms with van der Waals surface area (Å²) in [6.07, 6.45) is 3.44. The number of nitrogens with zero attached hydrogens (tertiary/aromatic N) is 4. The summed E-state index contributed by atoms with van der Waals surface area (Å²) in [6.45, 7) is 0.173. The molecule has 0 N–H and O–H groups in total. The van der Waals surface area contributed by atoms with Crippen LogP contribution in [0.2, 0.25) is 0 Å². The largest absolute Gasteiger partial charge is 0.573 e. The van der Waals surface area contributed by atoms with Crippen LogP contribution in [-0.4, -0.2) is 52.8 Å². The van der Waals surface area contributed by atoms with Crippen LogP contribution in [0.3, 0.4) is 0 Å². The molecule has 1 unspecified atom stereocenters. The van der Waals surface area contributed by atoms with Crippen molar-refractivity contribution in [3.05, 3.63) is 53.7 Å². The maximum absolute atomic E-state index is 13.1. The molecule has 2 aromatic heterocycles. The van der Waals surface area contributed by atoms with E-state index in [0.29, 0.717) is 22.8 Å². The van der Waals surface area contributed by atoms with E-state index in [2.05, 4.69) is 24.8 Å². The highest BCUT2D eigenvalue weighted by Gasteiger charge is 2.43. The highest BCUT2D eigenvalue weighted by Crippen LogP contribution is 2.46. The van der Waals surface area contributed by atoms with Crippen molar-refractivity contribution in [1.82, 2.24) is 15.1 Å². The van der Waals surface area contributed by atoms with E-state index in [4.69, 9.17) is 14.0 Å². The third kappa shape index (κ3) is 5.29. The van der Waals surface area contributed by atoms with Crippen LogP contribution in [0.25, 0.3) is 11.3 Å². The first-order valence-corrected chi connectivity index (χ1v) is 12.9. The third-order valence-corrected chi connectivity index (χ3v) is 7.57. The molecule has 2 saturated heterocycles. The van der Waals surface area contributed by atoms with Crippen LogP contribution in [0.4, 0.5) is 19.0 Å². The predicted octanol–water partition coefficient (Wildman–Crippen LogP) is 5.41. The first-order chi connectivity index (χ1) is 18.8. The molecule has 2 aliphatic heterocycles. The number of benzene rings is 1. The lowest BCUT2D eigenvalue weighted by atomic mass is 9.99. The van der Waals surface area contributed by atoms with Crippen molar-refractivity contribution in [2.45, 2.75) is 75.6 Å². The Morgan fingerprint density at radius 1 is 1.10 bits per heavy atom. The molecule has 4 heterocycles. The Morgan fingerprint density at radius 3 is 2.54 bits per heavy atom. The van der Waals surface area contributed by atoms with Gasteiger partial charge in [0.05, 0.1) is 32.2 Å². The second-order valence-electron chi connectivity index (χ2n) is 10.1. The van der Waals surface area contributed by atoms with E-state index in [1.807, 2.05) is 0 Å². The van der Waals surface area contributed by atoms with E-state index >= 15 is 0 Å². The minimum absolute atomic E-state index is 0.0630. The zero-order valence-corrected chi connectivity index (χ0v) is 21.2. The summed E-state index contributed by atoms with van der Waals surface area (Å²) < 4.78 is 60.3. The summed E-state index contributed by atoms with van der Waals surface area (Å²) in [6, 6.07) is 6.27. The summed E-state index contributed by atoms with van der Waals surface area (Å²) in [5.74, 6) is 0.639. The lowest BCUT2D eigenvalue weighted by Gasteiger charge is -2.39. The molecule has 39 heavy (non-hydrogen) atoms. The van der Waals surface area contributed by atoms with Gasteiger partial charge in [0.1, 0.15) is 23.0 Å². The van der Waals surface area contributed by atoms with Crippen LogP contribution in [0.5, 0.6) is 5.75 Å². The summed E-state index contributed by atoms with van der Waals surface area (Å²) in [7, 11) is 1.31. The number of piperidine rings is 1. The zero-order valence-electron chi connectivity index (χ0n) is 21.2. The first-order valence-electron chi connectivity index (χ1n) is 12.9. The fraction of sp³-hybridized carbons (Fsp3) is 0.481. The average molecular weight is 545 g/mol. The van der Waals surface area contributed by atoms with Gasteiger partial charge >= 0.3 is 12.3 Å². The number of alkyl halides is 3. The van der Waals surface area contributed by atoms with Crippen molar-refractivity contribution in [2.75, 3.05) is 12.0 Å². The Hall–Kier alpha value is -3.67. The molecule has 3 aliphatic rings. The molecule has 0 amide bonds. The number of hydrogen-bond donors (Lipinski definition) is 0. The SMILES string of the molecule is COC(=O)c1cncc(N2[C@@H]3CC[C@H]2CC(OCc2c(-c4ccccc4OC(F)(F)F)noc2C2CC2)C3)n1. The summed E-state index contributed by atoms with van der Waals surface area (Å²) >= 11 is 0. The van der Waals surface area contributed by atoms with Gasteiger partial charge in [0, 0.05) is 29.1 Å². The number of rotatable bonds is 8. The Balaban J connectivity index is 1.20. The Kier molecular flexibility index (Phi) is 6.66. The van der Waals surface area contributed by atoms with Crippen molar-refractivity contribution < 1.29 is 36.7 Å². The van der Waals surface area contributed by atoms with E-state index in [-0.39, 0.29) is 47.7 Å². The van der Waals surface area contributed by atoms with Gasteiger partial charge in [-0.25, -0.2) is 9.78 Å². The van der Waals surface area contributed by atoms with Crippen molar-refractivity contribution in [1.29, 1.82) is 0 Å². The molecular weight excluding hydrogens is 517 g/mol. The Labute approximate surface area is 222 Å². The van der Waals surface area contributed by atoms with E-state index < -0.39 is 12.3 Å². The fourth-order valence-corrected chi connectivity index (χ4v) is 5.74. The Morgan fingerprint density at radius 2 is 1.85 bits per heavy atom. The number of halogens is 3. The molecule has 1 aromatic carbocycles.